The molecule has 0 radical (unpaired) electrons. The number of hydrogen-bond donors (Lipinski definition) is 2. The smallest absolute Gasteiger partial charge is 0.303 e. The molecule has 0 bridgehead atoms. The third kappa shape index (κ3) is 5.30. The lowest BCUT2D eigenvalue weighted by molar-refractivity contribution is -0.136. The summed E-state index contributed by atoms with van der Waals surface area (Å²) >= 11 is 0. The molecule has 0 amide bonds. The first-order valence-electron chi connectivity index (χ1n) is 8.31. The fraction of sp³-hybridized carbons (Fsp3) is 0.350. The summed E-state index contributed by atoms with van der Waals surface area (Å²) in [5, 5.41) is 18.2. The number of aliphatic carboxylic acids is 1. The van der Waals surface area contributed by atoms with Crippen LogP contribution in [0.25, 0.3) is 0 Å². The van der Waals surface area contributed by atoms with Gasteiger partial charge in [-0.3, -0.25) is 4.79 Å². The van der Waals surface area contributed by atoms with Gasteiger partial charge in [-0.15, -0.1) is 0 Å². The summed E-state index contributed by atoms with van der Waals surface area (Å²) in [7, 11) is 0. The van der Waals surface area contributed by atoms with E-state index in [1.807, 2.05) is 39.8 Å². The van der Waals surface area contributed by atoms with Crippen molar-refractivity contribution in [3.05, 3.63) is 53.1 Å². The van der Waals surface area contributed by atoms with Gasteiger partial charge in [-0.05, 0) is 60.7 Å². The second-order valence-corrected chi connectivity index (χ2v) is 5.19. The van der Waals surface area contributed by atoms with Crippen molar-refractivity contribution in [2.45, 2.75) is 47.0 Å². The summed E-state index contributed by atoms with van der Waals surface area (Å²) < 4.78 is 5.98. The van der Waals surface area contributed by atoms with Gasteiger partial charge in [0.15, 0.2) is 0 Å². The van der Waals surface area contributed by atoms with Crippen molar-refractivity contribution < 1.29 is 19.7 Å². The lowest BCUT2D eigenvalue weighted by Gasteiger charge is -2.17. The quantitative estimate of drug-likeness (QED) is 0.773. The molecule has 24 heavy (non-hydrogen) atoms. The number of carboxylic acid groups (broad SMARTS) is 1. The standard InChI is InChI=1S/C18H20O4.C2H6/c1-3-16-13(6-11-17(20)21)5-4-12(2)18(16)22-15-9-7-14(19)8-10-15;1-2/h4-5,7-10,19H,3,6,11H2,1-2H3,(H,20,21);1-2H3. The zero-order valence-electron chi connectivity index (χ0n) is 14.8. The summed E-state index contributed by atoms with van der Waals surface area (Å²) in [5.74, 6) is 0.806. The maximum atomic E-state index is 10.8. The number of phenols is 1. The number of benzene rings is 2. The minimum absolute atomic E-state index is 0.106. The Kier molecular flexibility index (Phi) is 7.83. The topological polar surface area (TPSA) is 66.8 Å². The Hall–Kier alpha value is -2.49. The zero-order chi connectivity index (χ0) is 18.1. The molecule has 0 saturated heterocycles. The maximum absolute atomic E-state index is 10.8. The molecule has 0 fully saturated rings. The van der Waals surface area contributed by atoms with Crippen LogP contribution >= 0.6 is 0 Å². The number of carboxylic acids is 1. The van der Waals surface area contributed by atoms with Gasteiger partial charge in [-0.2, -0.15) is 0 Å². The van der Waals surface area contributed by atoms with Gasteiger partial charge in [0.25, 0.3) is 0 Å². The van der Waals surface area contributed by atoms with Crippen molar-refractivity contribution in [1.82, 2.24) is 0 Å². The van der Waals surface area contributed by atoms with Crippen LogP contribution in [-0.2, 0) is 17.6 Å². The molecule has 0 aliphatic heterocycles. The predicted molar refractivity (Wildman–Crippen MR) is 96.0 cm³/mol. The molecule has 0 saturated carbocycles. The van der Waals surface area contributed by atoms with Gasteiger partial charge in [0.2, 0.25) is 0 Å². The summed E-state index contributed by atoms with van der Waals surface area (Å²) in [6, 6.07) is 10.5. The Labute approximate surface area is 143 Å². The van der Waals surface area contributed by atoms with E-state index in [0.29, 0.717) is 12.2 Å². The van der Waals surface area contributed by atoms with Gasteiger partial charge in [0, 0.05) is 6.42 Å². The fourth-order valence-electron chi connectivity index (χ4n) is 2.42. The average molecular weight is 330 g/mol. The second-order valence-electron chi connectivity index (χ2n) is 5.19. The molecule has 0 aliphatic rings. The predicted octanol–water partition coefficient (Wildman–Crippen LogP) is 5.10. The largest absolute Gasteiger partial charge is 0.508 e. The van der Waals surface area contributed by atoms with Crippen LogP contribution in [0.2, 0.25) is 0 Å². The van der Waals surface area contributed by atoms with Crippen LogP contribution in [0.1, 0.15) is 43.9 Å². The van der Waals surface area contributed by atoms with Crippen molar-refractivity contribution in [2.24, 2.45) is 0 Å². The van der Waals surface area contributed by atoms with Crippen LogP contribution in [0.5, 0.6) is 17.2 Å². The van der Waals surface area contributed by atoms with E-state index in [1.54, 1.807) is 24.3 Å². The van der Waals surface area contributed by atoms with Crippen molar-refractivity contribution in [2.75, 3.05) is 0 Å². The molecule has 2 aromatic rings. The second kappa shape index (κ2) is 9.60. The summed E-state index contributed by atoms with van der Waals surface area (Å²) in [5.41, 5.74) is 3.04. The highest BCUT2D eigenvalue weighted by molar-refractivity contribution is 5.67. The number of carbonyl (C=O) groups is 1. The molecule has 0 atom stereocenters. The van der Waals surface area contributed by atoms with Crippen LogP contribution in [-0.4, -0.2) is 16.2 Å². The summed E-state index contributed by atoms with van der Waals surface area (Å²) in [6.07, 6.45) is 1.36. The lowest BCUT2D eigenvalue weighted by atomic mass is 9.97. The van der Waals surface area contributed by atoms with Crippen LogP contribution in [0.15, 0.2) is 36.4 Å². The van der Waals surface area contributed by atoms with Crippen molar-refractivity contribution in [1.29, 1.82) is 0 Å². The molecule has 0 heterocycles. The van der Waals surface area contributed by atoms with E-state index >= 15 is 0 Å². The highest BCUT2D eigenvalue weighted by Gasteiger charge is 2.13. The number of aryl methyl sites for hydroxylation is 2. The molecule has 2 aromatic carbocycles. The minimum Gasteiger partial charge on any atom is -0.508 e. The van der Waals surface area contributed by atoms with Gasteiger partial charge in [0.05, 0.1) is 0 Å². The van der Waals surface area contributed by atoms with Crippen LogP contribution in [0, 0.1) is 6.92 Å². The Balaban J connectivity index is 0.00000139. The molecular weight excluding hydrogens is 304 g/mol. The van der Waals surface area contributed by atoms with E-state index in [9.17, 15) is 9.90 Å². The molecule has 2 rings (SSSR count). The molecule has 130 valence electrons. The number of phenolic OH excluding ortho intramolecular Hbond substituents is 1. The molecule has 0 unspecified atom stereocenters. The number of ether oxygens (including phenoxy) is 1. The van der Waals surface area contributed by atoms with Gasteiger partial charge in [0.1, 0.15) is 17.2 Å². The first-order chi connectivity index (χ1) is 11.5. The van der Waals surface area contributed by atoms with Crippen LogP contribution in [0.4, 0.5) is 0 Å². The average Bonchev–Trinajstić information content (AvgIpc) is 2.59. The van der Waals surface area contributed by atoms with E-state index < -0.39 is 5.97 Å². The van der Waals surface area contributed by atoms with Crippen molar-refractivity contribution in [3.8, 4) is 17.2 Å². The molecular formula is C20H26O4. The van der Waals surface area contributed by atoms with Crippen molar-refractivity contribution in [3.63, 3.8) is 0 Å². The highest BCUT2D eigenvalue weighted by atomic mass is 16.5. The zero-order valence-corrected chi connectivity index (χ0v) is 14.8. The molecule has 4 heteroatoms. The Bertz CT molecular complexity index is 660. The van der Waals surface area contributed by atoms with Crippen molar-refractivity contribution >= 4 is 5.97 Å². The van der Waals surface area contributed by atoms with E-state index in [0.717, 1.165) is 28.9 Å². The third-order valence-corrected chi connectivity index (χ3v) is 3.57. The van der Waals surface area contributed by atoms with Gasteiger partial charge < -0.3 is 14.9 Å². The third-order valence-electron chi connectivity index (χ3n) is 3.57. The number of rotatable bonds is 6. The van der Waals surface area contributed by atoms with Crippen LogP contribution in [0.3, 0.4) is 0 Å². The molecule has 0 spiro atoms. The Morgan fingerprint density at radius 1 is 1.08 bits per heavy atom. The van der Waals surface area contributed by atoms with E-state index in [-0.39, 0.29) is 12.2 Å². The number of hydrogen-bond acceptors (Lipinski definition) is 3. The fourth-order valence-corrected chi connectivity index (χ4v) is 2.42. The van der Waals surface area contributed by atoms with E-state index in [2.05, 4.69) is 0 Å². The van der Waals surface area contributed by atoms with Crippen LogP contribution < -0.4 is 4.74 Å². The Morgan fingerprint density at radius 2 is 1.71 bits per heavy atom. The number of aromatic hydroxyl groups is 1. The maximum Gasteiger partial charge on any atom is 0.303 e. The van der Waals surface area contributed by atoms with E-state index in [4.69, 9.17) is 9.84 Å². The summed E-state index contributed by atoms with van der Waals surface area (Å²) in [6.45, 7) is 8.00. The van der Waals surface area contributed by atoms with Gasteiger partial charge in [-0.25, -0.2) is 0 Å². The monoisotopic (exact) mass is 330 g/mol. The van der Waals surface area contributed by atoms with Gasteiger partial charge in [-0.1, -0.05) is 32.9 Å². The van der Waals surface area contributed by atoms with Gasteiger partial charge >= 0.3 is 5.97 Å². The minimum atomic E-state index is -0.802. The van der Waals surface area contributed by atoms with E-state index in [1.165, 1.54) is 0 Å². The molecule has 0 aliphatic carbocycles. The SMILES string of the molecule is CC.CCc1c(CCC(=O)O)ccc(C)c1Oc1ccc(O)cc1. The molecule has 2 N–H and O–H groups in total. The first-order valence-corrected chi connectivity index (χ1v) is 8.31. The molecule has 4 nitrogen and oxygen atoms in total. The summed E-state index contributed by atoms with van der Waals surface area (Å²) in [4.78, 5) is 10.8. The lowest BCUT2D eigenvalue weighted by Crippen LogP contribution is -2.03. The normalized spacial score (nSPS) is 9.83. The highest BCUT2D eigenvalue weighted by Crippen LogP contribution is 2.33. The molecule has 0 aromatic heterocycles. The Morgan fingerprint density at radius 3 is 2.25 bits per heavy atom. The first kappa shape index (κ1) is 19.6.